The van der Waals surface area contributed by atoms with E-state index in [9.17, 15) is 9.90 Å². The molecule has 0 unspecified atom stereocenters. The molecule has 1 aromatic carbocycles. The number of nitrogens with zero attached hydrogens (tertiary/aromatic N) is 4. The number of para-hydroxylation sites is 1. The van der Waals surface area contributed by atoms with Gasteiger partial charge < -0.3 is 14.7 Å². The quantitative estimate of drug-likeness (QED) is 0.917. The monoisotopic (exact) mass is 344 g/mol. The molecule has 2 heterocycles. The fourth-order valence-electron chi connectivity index (χ4n) is 3.06. The minimum absolute atomic E-state index is 0.00771. The Labute approximate surface area is 147 Å². The Bertz CT molecular complexity index is 743. The van der Waals surface area contributed by atoms with Gasteiger partial charge in [-0.15, -0.1) is 5.10 Å². The summed E-state index contributed by atoms with van der Waals surface area (Å²) >= 11 is 0. The van der Waals surface area contributed by atoms with Gasteiger partial charge in [0.05, 0.1) is 24.9 Å². The van der Waals surface area contributed by atoms with E-state index in [0.717, 1.165) is 12.8 Å². The zero-order valence-corrected chi connectivity index (χ0v) is 14.8. The summed E-state index contributed by atoms with van der Waals surface area (Å²) in [6.45, 7) is 4.68. The van der Waals surface area contributed by atoms with Gasteiger partial charge in [0.1, 0.15) is 17.0 Å². The maximum Gasteiger partial charge on any atom is 0.257 e. The Kier molecular flexibility index (Phi) is 4.76. The van der Waals surface area contributed by atoms with Crippen molar-refractivity contribution in [3.63, 3.8) is 0 Å². The van der Waals surface area contributed by atoms with Crippen LogP contribution in [-0.2, 0) is 5.60 Å². The molecule has 1 aliphatic rings. The second kappa shape index (κ2) is 6.84. The maximum atomic E-state index is 12.7. The third-order valence-corrected chi connectivity index (χ3v) is 4.60. The van der Waals surface area contributed by atoms with Gasteiger partial charge in [-0.1, -0.05) is 17.3 Å². The van der Waals surface area contributed by atoms with E-state index in [2.05, 4.69) is 10.3 Å². The van der Waals surface area contributed by atoms with Crippen molar-refractivity contribution in [2.75, 3.05) is 20.2 Å². The number of carbonyl (C=O) groups excluding carboxylic acids is 1. The van der Waals surface area contributed by atoms with E-state index >= 15 is 0 Å². The molecule has 3 rings (SSSR count). The summed E-state index contributed by atoms with van der Waals surface area (Å²) in [6.07, 6.45) is 3.40. The van der Waals surface area contributed by atoms with Crippen LogP contribution in [0.1, 0.15) is 48.8 Å². The zero-order valence-electron chi connectivity index (χ0n) is 14.8. The Morgan fingerprint density at radius 2 is 1.96 bits per heavy atom. The molecule has 2 aromatic rings. The van der Waals surface area contributed by atoms with Crippen molar-refractivity contribution in [1.29, 1.82) is 0 Å². The molecule has 1 fully saturated rings. The van der Waals surface area contributed by atoms with Crippen molar-refractivity contribution in [1.82, 2.24) is 19.9 Å². The van der Waals surface area contributed by atoms with Crippen molar-refractivity contribution in [3.05, 3.63) is 41.7 Å². The summed E-state index contributed by atoms with van der Waals surface area (Å²) in [7, 11) is 1.57. The molecule has 1 aromatic heterocycles. The number of carbonyl (C=O) groups is 1. The molecule has 7 nitrogen and oxygen atoms in total. The van der Waals surface area contributed by atoms with Crippen LogP contribution in [0.4, 0.5) is 0 Å². The van der Waals surface area contributed by atoms with E-state index in [0.29, 0.717) is 30.1 Å². The van der Waals surface area contributed by atoms with Crippen LogP contribution < -0.4 is 4.74 Å². The largest absolute Gasteiger partial charge is 0.496 e. The molecule has 7 heteroatoms. The lowest BCUT2D eigenvalue weighted by Gasteiger charge is -2.32. The molecule has 0 bridgehead atoms. The van der Waals surface area contributed by atoms with Crippen LogP contribution in [0.2, 0.25) is 0 Å². The molecular formula is C18H24N4O3. The van der Waals surface area contributed by atoms with Crippen molar-refractivity contribution in [3.8, 4) is 5.75 Å². The molecule has 0 aliphatic carbocycles. The Balaban J connectivity index is 1.66. The van der Waals surface area contributed by atoms with E-state index in [-0.39, 0.29) is 11.9 Å². The Morgan fingerprint density at radius 1 is 1.28 bits per heavy atom. The second-order valence-corrected chi connectivity index (χ2v) is 6.87. The molecule has 0 spiro atoms. The first kappa shape index (κ1) is 17.4. The molecule has 25 heavy (non-hydrogen) atoms. The summed E-state index contributed by atoms with van der Waals surface area (Å²) in [5, 5.41) is 18.2. The van der Waals surface area contributed by atoms with E-state index in [1.54, 1.807) is 44.0 Å². The molecular weight excluding hydrogens is 320 g/mol. The fourth-order valence-corrected chi connectivity index (χ4v) is 3.06. The van der Waals surface area contributed by atoms with Crippen molar-refractivity contribution in [2.45, 2.75) is 38.3 Å². The first-order valence-electron chi connectivity index (χ1n) is 8.47. The highest BCUT2D eigenvalue weighted by Gasteiger charge is 2.28. The number of hydrogen-bond donors (Lipinski definition) is 1. The number of rotatable bonds is 4. The van der Waals surface area contributed by atoms with Crippen molar-refractivity contribution < 1.29 is 14.6 Å². The maximum absolute atomic E-state index is 12.7. The number of hydrogen-bond acceptors (Lipinski definition) is 5. The van der Waals surface area contributed by atoms with Crippen LogP contribution in [0.25, 0.3) is 0 Å². The zero-order chi connectivity index (χ0) is 18.0. The number of benzene rings is 1. The molecule has 0 saturated carbocycles. The van der Waals surface area contributed by atoms with Gasteiger partial charge in [0.25, 0.3) is 5.91 Å². The second-order valence-electron chi connectivity index (χ2n) is 6.87. The number of likely N-dealkylation sites (tertiary alicyclic amines) is 1. The predicted molar refractivity (Wildman–Crippen MR) is 92.4 cm³/mol. The number of aliphatic hydroxyl groups is 1. The van der Waals surface area contributed by atoms with Gasteiger partial charge in [-0.2, -0.15) is 0 Å². The van der Waals surface area contributed by atoms with E-state index in [1.807, 2.05) is 17.0 Å². The summed E-state index contributed by atoms with van der Waals surface area (Å²) in [6, 6.07) is 7.47. The lowest BCUT2D eigenvalue weighted by molar-refractivity contribution is 0.0686. The highest BCUT2D eigenvalue weighted by atomic mass is 16.5. The highest BCUT2D eigenvalue weighted by molar-refractivity contribution is 5.97. The number of amides is 1. The summed E-state index contributed by atoms with van der Waals surface area (Å²) in [5.41, 5.74) is 0.146. The molecule has 0 radical (unpaired) electrons. The Hall–Kier alpha value is -2.41. The molecule has 1 aliphatic heterocycles. The van der Waals surface area contributed by atoms with Crippen LogP contribution in [0.5, 0.6) is 5.75 Å². The third kappa shape index (κ3) is 3.66. The minimum Gasteiger partial charge on any atom is -0.496 e. The number of methoxy groups -OCH3 is 1. The van der Waals surface area contributed by atoms with E-state index < -0.39 is 5.60 Å². The average molecular weight is 344 g/mol. The molecule has 0 atom stereocenters. The standard InChI is InChI=1S/C18H24N4O3/c1-18(2,24)16-12-22(20-19-16)13-8-10-21(11-9-13)17(23)14-6-4-5-7-15(14)25-3/h4-7,12-13,24H,8-11H2,1-3H3. The van der Waals surface area contributed by atoms with Crippen LogP contribution in [-0.4, -0.2) is 51.1 Å². The van der Waals surface area contributed by atoms with Crippen molar-refractivity contribution in [2.24, 2.45) is 0 Å². The van der Waals surface area contributed by atoms with Gasteiger partial charge in [-0.3, -0.25) is 4.79 Å². The van der Waals surface area contributed by atoms with Gasteiger partial charge in [0, 0.05) is 13.1 Å². The molecule has 134 valence electrons. The van der Waals surface area contributed by atoms with E-state index in [1.165, 1.54) is 0 Å². The molecule has 1 saturated heterocycles. The predicted octanol–water partition coefficient (Wildman–Crippen LogP) is 1.99. The SMILES string of the molecule is COc1ccccc1C(=O)N1CCC(n2cc(C(C)(C)O)nn2)CC1. The smallest absolute Gasteiger partial charge is 0.257 e. The average Bonchev–Trinajstić information content (AvgIpc) is 3.12. The topological polar surface area (TPSA) is 80.5 Å². The summed E-state index contributed by atoms with van der Waals surface area (Å²) in [5.74, 6) is 0.590. The van der Waals surface area contributed by atoms with Crippen LogP contribution in [0.3, 0.4) is 0 Å². The minimum atomic E-state index is -1.00. The van der Waals surface area contributed by atoms with Crippen LogP contribution in [0.15, 0.2) is 30.5 Å². The van der Waals surface area contributed by atoms with Gasteiger partial charge in [-0.25, -0.2) is 4.68 Å². The van der Waals surface area contributed by atoms with Gasteiger partial charge >= 0.3 is 0 Å². The van der Waals surface area contributed by atoms with Gasteiger partial charge in [-0.05, 0) is 38.8 Å². The van der Waals surface area contributed by atoms with Crippen molar-refractivity contribution >= 4 is 5.91 Å². The number of piperidine rings is 1. The fraction of sp³-hybridized carbons (Fsp3) is 0.500. The highest BCUT2D eigenvalue weighted by Crippen LogP contribution is 2.26. The lowest BCUT2D eigenvalue weighted by Crippen LogP contribution is -2.39. The first-order chi connectivity index (χ1) is 11.9. The van der Waals surface area contributed by atoms with Gasteiger partial charge in [0.15, 0.2) is 0 Å². The van der Waals surface area contributed by atoms with E-state index in [4.69, 9.17) is 4.74 Å². The number of aromatic nitrogens is 3. The van der Waals surface area contributed by atoms with Crippen LogP contribution in [0, 0.1) is 0 Å². The van der Waals surface area contributed by atoms with Crippen LogP contribution >= 0.6 is 0 Å². The normalized spacial score (nSPS) is 16.1. The first-order valence-corrected chi connectivity index (χ1v) is 8.47. The Morgan fingerprint density at radius 3 is 2.56 bits per heavy atom. The molecule has 1 amide bonds. The van der Waals surface area contributed by atoms with Gasteiger partial charge in [0.2, 0.25) is 0 Å². The molecule has 1 N–H and O–H groups in total. The summed E-state index contributed by atoms with van der Waals surface area (Å²) < 4.78 is 7.09. The summed E-state index contributed by atoms with van der Waals surface area (Å²) in [4.78, 5) is 14.6. The third-order valence-electron chi connectivity index (χ3n) is 4.60. The lowest BCUT2D eigenvalue weighted by atomic mass is 10.0. The number of ether oxygens (including phenoxy) is 1.